The number of hydrogen-bond acceptors (Lipinski definition) is 3. The largest absolute Gasteiger partial charge is 0.491 e. The first-order valence-electron chi connectivity index (χ1n) is 7.32. The van der Waals surface area contributed by atoms with Crippen LogP contribution in [0.15, 0.2) is 59.6 Å². The third-order valence-corrected chi connectivity index (χ3v) is 4.92. The van der Waals surface area contributed by atoms with Crippen molar-refractivity contribution in [3.8, 4) is 22.7 Å². The Morgan fingerprint density at radius 2 is 1.60 bits per heavy atom. The van der Waals surface area contributed by atoms with Gasteiger partial charge in [0, 0.05) is 24.6 Å². The fourth-order valence-corrected chi connectivity index (χ4v) is 3.23. The van der Waals surface area contributed by atoms with Crippen molar-refractivity contribution < 1.29 is 21.9 Å². The first-order chi connectivity index (χ1) is 11.8. The van der Waals surface area contributed by atoms with E-state index in [1.807, 2.05) is 0 Å². The highest BCUT2D eigenvalue weighted by atomic mass is 32.2. The van der Waals surface area contributed by atoms with Gasteiger partial charge in [-0.1, -0.05) is 12.1 Å². The van der Waals surface area contributed by atoms with Crippen LogP contribution in [0.25, 0.3) is 16.9 Å². The van der Waals surface area contributed by atoms with Crippen molar-refractivity contribution in [2.24, 2.45) is 0 Å². The van der Waals surface area contributed by atoms with Gasteiger partial charge < -0.3 is 9.30 Å². The molecule has 2 aromatic carbocycles. The predicted molar refractivity (Wildman–Crippen MR) is 90.8 cm³/mol. The number of halogens is 2. The summed E-state index contributed by atoms with van der Waals surface area (Å²) in [6.45, 7) is 0. The van der Waals surface area contributed by atoms with Gasteiger partial charge in [0.1, 0.15) is 0 Å². The highest BCUT2D eigenvalue weighted by Crippen LogP contribution is 2.29. The van der Waals surface area contributed by atoms with Gasteiger partial charge >= 0.3 is 0 Å². The third kappa shape index (κ3) is 3.28. The number of nitrogens with zero attached hydrogens (tertiary/aromatic N) is 1. The minimum atomic E-state index is -3.29. The van der Waals surface area contributed by atoms with Gasteiger partial charge in [-0.05, 0) is 29.8 Å². The van der Waals surface area contributed by atoms with E-state index in [-0.39, 0.29) is 4.90 Å². The summed E-state index contributed by atoms with van der Waals surface area (Å²) in [5.74, 6) is -2.04. The Hall–Kier alpha value is -2.67. The van der Waals surface area contributed by atoms with Gasteiger partial charge in [0.2, 0.25) is 0 Å². The number of benzene rings is 2. The van der Waals surface area contributed by atoms with Gasteiger partial charge in [-0.3, -0.25) is 0 Å². The molecule has 3 rings (SSSR count). The average molecular weight is 363 g/mol. The molecule has 4 nitrogen and oxygen atoms in total. The molecule has 0 bridgehead atoms. The van der Waals surface area contributed by atoms with E-state index in [9.17, 15) is 17.2 Å². The Balaban J connectivity index is 2.07. The van der Waals surface area contributed by atoms with Crippen molar-refractivity contribution >= 4 is 9.84 Å². The van der Waals surface area contributed by atoms with Crippen molar-refractivity contribution in [2.75, 3.05) is 13.4 Å². The van der Waals surface area contributed by atoms with E-state index in [1.165, 1.54) is 31.4 Å². The Labute approximate surface area is 144 Å². The number of aromatic nitrogens is 1. The van der Waals surface area contributed by atoms with Crippen molar-refractivity contribution in [1.29, 1.82) is 0 Å². The second-order valence-corrected chi connectivity index (χ2v) is 7.52. The van der Waals surface area contributed by atoms with Crippen LogP contribution >= 0.6 is 0 Å². The topological polar surface area (TPSA) is 48.3 Å². The molecule has 7 heteroatoms. The SMILES string of the molecule is COc1c(F)cc(-n2cccc2-c2ccc(S(C)(=O)=O)cc2)cc1F. The van der Waals surface area contributed by atoms with Crippen LogP contribution in [0.5, 0.6) is 5.75 Å². The molecule has 3 aromatic rings. The lowest BCUT2D eigenvalue weighted by molar-refractivity contribution is 0.359. The van der Waals surface area contributed by atoms with Crippen LogP contribution in [0.2, 0.25) is 0 Å². The van der Waals surface area contributed by atoms with Crippen LogP contribution in [-0.2, 0) is 9.84 Å². The summed E-state index contributed by atoms with van der Waals surface area (Å²) in [4.78, 5) is 0.205. The Morgan fingerprint density at radius 3 is 2.12 bits per heavy atom. The molecule has 0 saturated heterocycles. The van der Waals surface area contributed by atoms with Crippen molar-refractivity contribution in [2.45, 2.75) is 4.90 Å². The normalized spacial score (nSPS) is 11.5. The molecule has 0 aliphatic rings. The van der Waals surface area contributed by atoms with Gasteiger partial charge in [-0.15, -0.1) is 0 Å². The summed E-state index contributed by atoms with van der Waals surface area (Å²) in [5.41, 5.74) is 1.68. The van der Waals surface area contributed by atoms with E-state index in [2.05, 4.69) is 0 Å². The van der Waals surface area contributed by atoms with E-state index in [0.717, 1.165) is 6.26 Å². The molecule has 0 aliphatic heterocycles. The van der Waals surface area contributed by atoms with Crippen LogP contribution in [0.4, 0.5) is 8.78 Å². The molecule has 1 aromatic heterocycles. The lowest BCUT2D eigenvalue weighted by atomic mass is 10.1. The molecule has 0 radical (unpaired) electrons. The number of ether oxygens (including phenoxy) is 1. The monoisotopic (exact) mass is 363 g/mol. The summed E-state index contributed by atoms with van der Waals surface area (Å²) >= 11 is 0. The summed E-state index contributed by atoms with van der Waals surface area (Å²) in [6.07, 6.45) is 2.80. The zero-order valence-electron chi connectivity index (χ0n) is 13.5. The van der Waals surface area contributed by atoms with Crippen LogP contribution in [0.3, 0.4) is 0 Å². The molecular weight excluding hydrogens is 348 g/mol. The molecule has 0 saturated carbocycles. The molecule has 0 atom stereocenters. The highest BCUT2D eigenvalue weighted by molar-refractivity contribution is 7.90. The molecule has 0 spiro atoms. The third-order valence-electron chi connectivity index (χ3n) is 3.79. The smallest absolute Gasteiger partial charge is 0.190 e. The summed E-state index contributed by atoms with van der Waals surface area (Å²) in [6, 6.07) is 12.2. The van der Waals surface area contributed by atoms with E-state index in [4.69, 9.17) is 4.74 Å². The van der Waals surface area contributed by atoms with E-state index in [0.29, 0.717) is 16.9 Å². The molecule has 0 aliphatic carbocycles. The maximum Gasteiger partial charge on any atom is 0.190 e. The highest BCUT2D eigenvalue weighted by Gasteiger charge is 2.15. The number of methoxy groups -OCH3 is 1. The van der Waals surface area contributed by atoms with E-state index in [1.54, 1.807) is 35.0 Å². The quantitative estimate of drug-likeness (QED) is 0.708. The number of rotatable bonds is 4. The standard InChI is InChI=1S/C18H15F2NO3S/c1-24-18-15(19)10-13(11-16(18)20)21-9-3-4-17(21)12-5-7-14(8-6-12)25(2,22)23/h3-11H,1-2H3. The van der Waals surface area contributed by atoms with Crippen LogP contribution in [0, 0.1) is 11.6 Å². The van der Waals surface area contributed by atoms with Gasteiger partial charge in [-0.25, -0.2) is 17.2 Å². The zero-order valence-corrected chi connectivity index (χ0v) is 14.3. The lowest BCUT2D eigenvalue weighted by Gasteiger charge is -2.12. The lowest BCUT2D eigenvalue weighted by Crippen LogP contribution is -2.00. The molecular formula is C18H15F2NO3S. The molecule has 0 fully saturated rings. The molecule has 130 valence electrons. The first-order valence-corrected chi connectivity index (χ1v) is 9.21. The number of hydrogen-bond donors (Lipinski definition) is 0. The molecule has 0 amide bonds. The van der Waals surface area contributed by atoms with Gasteiger partial charge in [-0.2, -0.15) is 0 Å². The van der Waals surface area contributed by atoms with Gasteiger partial charge in [0.15, 0.2) is 27.2 Å². The molecule has 1 heterocycles. The van der Waals surface area contributed by atoms with E-state index < -0.39 is 27.2 Å². The minimum Gasteiger partial charge on any atom is -0.491 e. The summed E-state index contributed by atoms with van der Waals surface area (Å²) in [7, 11) is -2.09. The molecule has 25 heavy (non-hydrogen) atoms. The minimum absolute atomic E-state index is 0.205. The fourth-order valence-electron chi connectivity index (χ4n) is 2.59. The zero-order chi connectivity index (χ0) is 18.2. The summed E-state index contributed by atoms with van der Waals surface area (Å²) in [5, 5.41) is 0. The van der Waals surface area contributed by atoms with Gasteiger partial charge in [0.25, 0.3) is 0 Å². The second kappa shape index (κ2) is 6.33. The predicted octanol–water partition coefficient (Wildman–Crippen LogP) is 3.83. The van der Waals surface area contributed by atoms with E-state index >= 15 is 0 Å². The van der Waals surface area contributed by atoms with Crippen molar-refractivity contribution in [3.05, 3.63) is 66.4 Å². The fraction of sp³-hybridized carbons (Fsp3) is 0.111. The average Bonchev–Trinajstić information content (AvgIpc) is 3.03. The van der Waals surface area contributed by atoms with Crippen LogP contribution < -0.4 is 4.74 Å². The van der Waals surface area contributed by atoms with Crippen molar-refractivity contribution in [1.82, 2.24) is 4.57 Å². The Bertz CT molecular complexity index is 1000. The first kappa shape index (κ1) is 17.2. The van der Waals surface area contributed by atoms with Crippen molar-refractivity contribution in [3.63, 3.8) is 0 Å². The number of sulfone groups is 1. The maximum atomic E-state index is 14.0. The van der Waals surface area contributed by atoms with Crippen LogP contribution in [-0.4, -0.2) is 26.4 Å². The Morgan fingerprint density at radius 1 is 1.00 bits per heavy atom. The molecule has 0 N–H and O–H groups in total. The Kier molecular flexibility index (Phi) is 4.34. The second-order valence-electron chi connectivity index (χ2n) is 5.50. The summed E-state index contributed by atoms with van der Waals surface area (Å²) < 4.78 is 57.4. The van der Waals surface area contributed by atoms with Crippen LogP contribution in [0.1, 0.15) is 0 Å². The maximum absolute atomic E-state index is 14.0. The molecule has 0 unspecified atom stereocenters. The van der Waals surface area contributed by atoms with Gasteiger partial charge in [0.05, 0.1) is 23.4 Å².